The van der Waals surface area contributed by atoms with Crippen molar-refractivity contribution in [3.8, 4) is 0 Å². The van der Waals surface area contributed by atoms with E-state index < -0.39 is 9.84 Å². The Hall–Kier alpha value is -1.28. The van der Waals surface area contributed by atoms with Crippen LogP contribution in [0.15, 0.2) is 18.2 Å². The molecule has 8 heteroatoms. The summed E-state index contributed by atoms with van der Waals surface area (Å²) in [5.41, 5.74) is 1.60. The van der Waals surface area contributed by atoms with Crippen molar-refractivity contribution in [1.82, 2.24) is 5.32 Å². The maximum atomic E-state index is 14.1. The summed E-state index contributed by atoms with van der Waals surface area (Å²) in [7, 11) is -2.91. The molecule has 0 aliphatic carbocycles. The lowest BCUT2D eigenvalue weighted by molar-refractivity contribution is -0.119. The maximum absolute atomic E-state index is 14.1. The van der Waals surface area contributed by atoms with E-state index in [1.54, 1.807) is 6.07 Å². The lowest BCUT2D eigenvalue weighted by Crippen LogP contribution is -2.48. The molecule has 2 aliphatic rings. The van der Waals surface area contributed by atoms with Crippen LogP contribution in [-0.4, -0.2) is 56.0 Å². The van der Waals surface area contributed by atoms with Gasteiger partial charge in [0.2, 0.25) is 5.91 Å². The number of amides is 1. The van der Waals surface area contributed by atoms with Crippen LogP contribution in [0.3, 0.4) is 0 Å². The number of nitrogens with zero attached hydrogens (tertiary/aromatic N) is 1. The number of halogens is 1. The van der Waals surface area contributed by atoms with E-state index in [-0.39, 0.29) is 40.3 Å². The molecule has 1 aromatic carbocycles. The lowest BCUT2D eigenvalue weighted by atomic mass is 10.0. The summed E-state index contributed by atoms with van der Waals surface area (Å²) in [5, 5.41) is 3.05. The van der Waals surface area contributed by atoms with Crippen molar-refractivity contribution in [2.45, 2.75) is 37.5 Å². The van der Waals surface area contributed by atoms with Crippen LogP contribution in [0.25, 0.3) is 0 Å². The number of nitrogens with one attached hydrogen (secondary N) is 1. The summed E-state index contributed by atoms with van der Waals surface area (Å²) < 4.78 is 37.1. The second kappa shape index (κ2) is 8.17. The minimum atomic E-state index is -2.91. The highest BCUT2D eigenvalue weighted by atomic mass is 32.2. The Morgan fingerprint density at radius 1 is 1.38 bits per heavy atom. The highest BCUT2D eigenvalue weighted by Gasteiger charge is 2.29. The molecule has 2 fully saturated rings. The van der Waals surface area contributed by atoms with E-state index in [2.05, 4.69) is 5.32 Å². The zero-order chi connectivity index (χ0) is 18.7. The van der Waals surface area contributed by atoms with Gasteiger partial charge in [0.05, 0.1) is 22.9 Å². The zero-order valence-corrected chi connectivity index (χ0v) is 16.5. The molecule has 26 heavy (non-hydrogen) atoms. The van der Waals surface area contributed by atoms with E-state index >= 15 is 0 Å². The van der Waals surface area contributed by atoms with Crippen molar-refractivity contribution >= 4 is 33.2 Å². The van der Waals surface area contributed by atoms with Gasteiger partial charge in [-0.1, -0.05) is 6.07 Å². The molecule has 2 atom stereocenters. The van der Waals surface area contributed by atoms with Crippen LogP contribution < -0.4 is 10.2 Å². The quantitative estimate of drug-likeness (QED) is 0.820. The van der Waals surface area contributed by atoms with Crippen molar-refractivity contribution < 1.29 is 17.6 Å². The first-order valence-corrected chi connectivity index (χ1v) is 11.8. The number of carbonyl (C=O) groups is 1. The second-order valence-electron chi connectivity index (χ2n) is 7.14. The van der Waals surface area contributed by atoms with Gasteiger partial charge in [-0.05, 0) is 43.9 Å². The number of thioether (sulfide) groups is 1. The number of benzene rings is 1. The molecule has 3 rings (SSSR count). The first-order valence-electron chi connectivity index (χ1n) is 8.95. The molecule has 5 nitrogen and oxygen atoms in total. The van der Waals surface area contributed by atoms with Crippen LogP contribution in [-0.2, 0) is 14.6 Å². The van der Waals surface area contributed by atoms with E-state index in [1.807, 2.05) is 17.9 Å². The SMILES string of the molecule is Cc1ccc(F)c(N2CCCC(NC(=O)CSC3CCS(=O)(=O)C3)C2)c1. The first-order chi connectivity index (χ1) is 12.3. The predicted octanol–water partition coefficient (Wildman–Crippen LogP) is 2.14. The summed E-state index contributed by atoms with van der Waals surface area (Å²) in [5.74, 6) is 0.368. The fourth-order valence-electron chi connectivity index (χ4n) is 3.53. The minimum absolute atomic E-state index is 0.0101. The van der Waals surface area contributed by atoms with Gasteiger partial charge in [-0.25, -0.2) is 12.8 Å². The third kappa shape index (κ3) is 5.13. The number of hydrogen-bond donors (Lipinski definition) is 1. The number of sulfone groups is 1. The van der Waals surface area contributed by atoms with Gasteiger partial charge in [0.15, 0.2) is 9.84 Å². The number of carbonyl (C=O) groups excluding carboxylic acids is 1. The first kappa shape index (κ1) is 19.5. The highest BCUT2D eigenvalue weighted by Crippen LogP contribution is 2.26. The van der Waals surface area contributed by atoms with Gasteiger partial charge in [0.1, 0.15) is 5.82 Å². The van der Waals surface area contributed by atoms with Gasteiger partial charge in [0, 0.05) is 24.4 Å². The van der Waals surface area contributed by atoms with Crippen LogP contribution in [0.2, 0.25) is 0 Å². The molecule has 0 spiro atoms. The molecule has 0 radical (unpaired) electrons. The van der Waals surface area contributed by atoms with Crippen molar-refractivity contribution in [2.24, 2.45) is 0 Å². The summed E-state index contributed by atoms with van der Waals surface area (Å²) in [6.45, 7) is 3.31. The smallest absolute Gasteiger partial charge is 0.230 e. The fraction of sp³-hybridized carbons (Fsp3) is 0.611. The van der Waals surface area contributed by atoms with E-state index in [4.69, 9.17) is 0 Å². The maximum Gasteiger partial charge on any atom is 0.230 e. The molecule has 2 saturated heterocycles. The number of hydrogen-bond acceptors (Lipinski definition) is 5. The lowest BCUT2D eigenvalue weighted by Gasteiger charge is -2.35. The van der Waals surface area contributed by atoms with Crippen molar-refractivity contribution in [3.05, 3.63) is 29.6 Å². The Kier molecular flexibility index (Phi) is 6.12. The Morgan fingerprint density at radius 3 is 2.92 bits per heavy atom. The largest absolute Gasteiger partial charge is 0.367 e. The van der Waals surface area contributed by atoms with Gasteiger partial charge >= 0.3 is 0 Å². The molecular formula is C18H25FN2O3S2. The molecule has 1 aromatic rings. The van der Waals surface area contributed by atoms with Crippen LogP contribution in [0, 0.1) is 12.7 Å². The average Bonchev–Trinajstić information content (AvgIpc) is 2.94. The highest BCUT2D eigenvalue weighted by molar-refractivity contribution is 8.02. The molecule has 1 N–H and O–H groups in total. The van der Waals surface area contributed by atoms with Gasteiger partial charge in [-0.2, -0.15) is 0 Å². The topological polar surface area (TPSA) is 66.5 Å². The Morgan fingerprint density at radius 2 is 2.19 bits per heavy atom. The van der Waals surface area contributed by atoms with E-state index in [0.717, 1.165) is 24.9 Å². The second-order valence-corrected chi connectivity index (χ2v) is 10.7. The summed E-state index contributed by atoms with van der Waals surface area (Å²) in [6, 6.07) is 5.07. The number of piperidine rings is 1. The third-order valence-corrected chi connectivity index (χ3v) is 8.15. The molecule has 2 heterocycles. The van der Waals surface area contributed by atoms with E-state index in [0.29, 0.717) is 18.7 Å². The Balaban J connectivity index is 1.50. The average molecular weight is 401 g/mol. The zero-order valence-electron chi connectivity index (χ0n) is 14.9. The monoisotopic (exact) mass is 400 g/mol. The molecular weight excluding hydrogens is 375 g/mol. The van der Waals surface area contributed by atoms with Gasteiger partial charge < -0.3 is 10.2 Å². The minimum Gasteiger partial charge on any atom is -0.367 e. The van der Waals surface area contributed by atoms with Gasteiger partial charge in [0.25, 0.3) is 0 Å². The summed E-state index contributed by atoms with van der Waals surface area (Å²) >= 11 is 1.42. The normalized spacial score (nSPS) is 25.2. The summed E-state index contributed by atoms with van der Waals surface area (Å²) in [6.07, 6.45) is 2.40. The molecule has 1 amide bonds. The predicted molar refractivity (Wildman–Crippen MR) is 104 cm³/mol. The van der Waals surface area contributed by atoms with Crippen LogP contribution in [0.4, 0.5) is 10.1 Å². The standard InChI is InChI=1S/C18H25FN2O3S2/c1-13-4-5-16(19)17(9-13)21-7-2-3-14(10-21)20-18(22)11-25-15-6-8-26(23,24)12-15/h4-5,9,14-15H,2-3,6-8,10-12H2,1H3,(H,20,22). The van der Waals surface area contributed by atoms with Crippen LogP contribution >= 0.6 is 11.8 Å². The Bertz CT molecular complexity index is 770. The van der Waals surface area contributed by atoms with Gasteiger partial charge in [-0.15, -0.1) is 11.8 Å². The Labute approximate surface area is 158 Å². The van der Waals surface area contributed by atoms with Crippen molar-refractivity contribution in [3.63, 3.8) is 0 Å². The molecule has 0 bridgehead atoms. The van der Waals surface area contributed by atoms with Crippen molar-refractivity contribution in [1.29, 1.82) is 0 Å². The van der Waals surface area contributed by atoms with Crippen LogP contribution in [0.5, 0.6) is 0 Å². The summed E-state index contributed by atoms with van der Waals surface area (Å²) in [4.78, 5) is 14.2. The molecule has 0 aromatic heterocycles. The van der Waals surface area contributed by atoms with Crippen molar-refractivity contribution in [2.75, 3.05) is 35.2 Å². The van der Waals surface area contributed by atoms with Crippen LogP contribution in [0.1, 0.15) is 24.8 Å². The number of anilines is 1. The van der Waals surface area contributed by atoms with E-state index in [9.17, 15) is 17.6 Å². The molecule has 144 valence electrons. The molecule has 2 unspecified atom stereocenters. The number of aryl methyl sites for hydroxylation is 1. The van der Waals surface area contributed by atoms with E-state index in [1.165, 1.54) is 17.8 Å². The molecule has 2 aliphatic heterocycles. The number of rotatable bonds is 5. The van der Waals surface area contributed by atoms with Gasteiger partial charge in [-0.3, -0.25) is 4.79 Å². The fourth-order valence-corrected chi connectivity index (χ4v) is 6.99. The molecule has 0 saturated carbocycles. The third-order valence-electron chi connectivity index (χ3n) is 4.87.